The third kappa shape index (κ3) is 8.60. The largest absolute Gasteiger partial charge is 0.381 e. The minimum atomic E-state index is 0. The molecule has 3 heteroatoms. The van der Waals surface area contributed by atoms with Crippen molar-refractivity contribution in [3.05, 3.63) is 0 Å². The molecule has 13 heavy (non-hydrogen) atoms. The van der Waals surface area contributed by atoms with Crippen molar-refractivity contribution >= 4 is 13.5 Å². The third-order valence-corrected chi connectivity index (χ3v) is 2.15. The molecular formula is C10H22O2S. The average molecular weight is 206 g/mol. The van der Waals surface area contributed by atoms with E-state index in [-0.39, 0.29) is 13.5 Å². The second-order valence-corrected chi connectivity index (χ2v) is 3.35. The van der Waals surface area contributed by atoms with Gasteiger partial charge in [0.05, 0.1) is 0 Å². The number of hydrogen-bond acceptors (Lipinski definition) is 2. The monoisotopic (exact) mass is 206 g/mol. The summed E-state index contributed by atoms with van der Waals surface area (Å²) in [6.07, 6.45) is 7.86. The first-order valence-corrected chi connectivity index (χ1v) is 5.15. The molecule has 0 spiro atoms. The summed E-state index contributed by atoms with van der Waals surface area (Å²) < 4.78 is 10.1. The SMILES string of the molecule is C1CCOCC1.C1CCOCC1.S. The van der Waals surface area contributed by atoms with Crippen molar-refractivity contribution in [2.75, 3.05) is 26.4 Å². The van der Waals surface area contributed by atoms with E-state index in [9.17, 15) is 0 Å². The average Bonchev–Trinajstić information content (AvgIpc) is 2.24. The van der Waals surface area contributed by atoms with Gasteiger partial charge in [-0.1, -0.05) is 0 Å². The van der Waals surface area contributed by atoms with Gasteiger partial charge in [-0.25, -0.2) is 0 Å². The third-order valence-electron chi connectivity index (χ3n) is 2.15. The Balaban J connectivity index is 0.000000206. The van der Waals surface area contributed by atoms with Crippen LogP contribution in [0.2, 0.25) is 0 Å². The molecule has 0 N–H and O–H groups in total. The summed E-state index contributed by atoms with van der Waals surface area (Å²) in [6, 6.07) is 0. The normalized spacial score (nSPS) is 22.2. The van der Waals surface area contributed by atoms with Gasteiger partial charge in [0.1, 0.15) is 0 Å². The Labute approximate surface area is 88.4 Å². The van der Waals surface area contributed by atoms with Crippen LogP contribution in [-0.2, 0) is 9.47 Å². The quantitative estimate of drug-likeness (QED) is 0.606. The second kappa shape index (κ2) is 10.4. The Morgan fingerprint density at radius 3 is 0.846 bits per heavy atom. The fourth-order valence-corrected chi connectivity index (χ4v) is 1.37. The maximum absolute atomic E-state index is 5.07. The summed E-state index contributed by atoms with van der Waals surface area (Å²) in [6.45, 7) is 4.00. The van der Waals surface area contributed by atoms with E-state index in [0.717, 1.165) is 26.4 Å². The van der Waals surface area contributed by atoms with Crippen molar-refractivity contribution in [2.45, 2.75) is 38.5 Å². The minimum Gasteiger partial charge on any atom is -0.381 e. The second-order valence-electron chi connectivity index (χ2n) is 3.35. The van der Waals surface area contributed by atoms with E-state index in [1.165, 1.54) is 38.5 Å². The lowest BCUT2D eigenvalue weighted by Gasteiger charge is -2.08. The molecule has 2 aliphatic rings. The summed E-state index contributed by atoms with van der Waals surface area (Å²) >= 11 is 0. The Morgan fingerprint density at radius 1 is 0.462 bits per heavy atom. The summed E-state index contributed by atoms with van der Waals surface area (Å²) in [7, 11) is 0. The molecule has 2 nitrogen and oxygen atoms in total. The van der Waals surface area contributed by atoms with Gasteiger partial charge in [0.2, 0.25) is 0 Å². The van der Waals surface area contributed by atoms with Crippen LogP contribution in [-0.4, -0.2) is 26.4 Å². The summed E-state index contributed by atoms with van der Waals surface area (Å²) in [5.74, 6) is 0. The summed E-state index contributed by atoms with van der Waals surface area (Å²) in [5, 5.41) is 0. The lowest BCUT2D eigenvalue weighted by Crippen LogP contribution is -2.03. The number of hydrogen-bond donors (Lipinski definition) is 0. The van der Waals surface area contributed by atoms with Crippen molar-refractivity contribution in [3.8, 4) is 0 Å². The fourth-order valence-electron chi connectivity index (χ4n) is 1.37. The molecular weight excluding hydrogens is 184 g/mol. The molecule has 0 aromatic rings. The Morgan fingerprint density at radius 2 is 0.769 bits per heavy atom. The van der Waals surface area contributed by atoms with Crippen LogP contribution in [0.15, 0.2) is 0 Å². The molecule has 0 radical (unpaired) electrons. The van der Waals surface area contributed by atoms with E-state index >= 15 is 0 Å². The zero-order chi connectivity index (χ0) is 8.49. The van der Waals surface area contributed by atoms with E-state index < -0.39 is 0 Å². The lowest BCUT2D eigenvalue weighted by atomic mass is 10.2. The molecule has 0 aliphatic carbocycles. The predicted octanol–water partition coefficient (Wildman–Crippen LogP) is 2.49. The maximum Gasteiger partial charge on any atom is 0.0466 e. The molecule has 0 saturated carbocycles. The van der Waals surface area contributed by atoms with E-state index in [0.29, 0.717) is 0 Å². The first-order chi connectivity index (χ1) is 6.00. The van der Waals surface area contributed by atoms with Gasteiger partial charge in [-0.2, -0.15) is 13.5 Å². The van der Waals surface area contributed by atoms with Gasteiger partial charge in [-0.05, 0) is 38.5 Å². The van der Waals surface area contributed by atoms with Crippen molar-refractivity contribution < 1.29 is 9.47 Å². The summed E-state index contributed by atoms with van der Waals surface area (Å²) in [5.41, 5.74) is 0. The van der Waals surface area contributed by atoms with Crippen LogP contribution in [0.25, 0.3) is 0 Å². The van der Waals surface area contributed by atoms with Crippen LogP contribution >= 0.6 is 13.5 Å². The highest BCUT2D eigenvalue weighted by molar-refractivity contribution is 7.59. The van der Waals surface area contributed by atoms with E-state index in [2.05, 4.69) is 0 Å². The topological polar surface area (TPSA) is 18.5 Å². The first kappa shape index (κ1) is 13.3. The Bertz CT molecular complexity index is 55.9. The van der Waals surface area contributed by atoms with Gasteiger partial charge in [0.15, 0.2) is 0 Å². The lowest BCUT2D eigenvalue weighted by molar-refractivity contribution is 0.0967. The van der Waals surface area contributed by atoms with Gasteiger partial charge >= 0.3 is 0 Å². The zero-order valence-electron chi connectivity index (χ0n) is 8.39. The highest BCUT2D eigenvalue weighted by atomic mass is 32.1. The van der Waals surface area contributed by atoms with Crippen molar-refractivity contribution in [2.24, 2.45) is 0 Å². The van der Waals surface area contributed by atoms with E-state index in [4.69, 9.17) is 9.47 Å². The molecule has 0 aromatic heterocycles. The number of rotatable bonds is 0. The van der Waals surface area contributed by atoms with Crippen LogP contribution < -0.4 is 0 Å². The van der Waals surface area contributed by atoms with Crippen LogP contribution in [0.3, 0.4) is 0 Å². The van der Waals surface area contributed by atoms with Gasteiger partial charge in [0.25, 0.3) is 0 Å². The van der Waals surface area contributed by atoms with Crippen molar-refractivity contribution in [1.82, 2.24) is 0 Å². The van der Waals surface area contributed by atoms with Gasteiger partial charge in [-0.3, -0.25) is 0 Å². The van der Waals surface area contributed by atoms with Crippen LogP contribution in [0.4, 0.5) is 0 Å². The Kier molecular flexibility index (Phi) is 10.6. The molecule has 0 atom stereocenters. The van der Waals surface area contributed by atoms with Crippen molar-refractivity contribution in [1.29, 1.82) is 0 Å². The molecule has 80 valence electrons. The molecule has 2 aliphatic heterocycles. The predicted molar refractivity (Wildman–Crippen MR) is 59.7 cm³/mol. The van der Waals surface area contributed by atoms with Crippen molar-refractivity contribution in [3.63, 3.8) is 0 Å². The molecule has 0 bridgehead atoms. The fraction of sp³-hybridized carbons (Fsp3) is 1.00. The molecule has 0 aromatic carbocycles. The van der Waals surface area contributed by atoms with Crippen LogP contribution in [0.5, 0.6) is 0 Å². The van der Waals surface area contributed by atoms with Gasteiger partial charge in [0, 0.05) is 26.4 Å². The smallest absolute Gasteiger partial charge is 0.0466 e. The van der Waals surface area contributed by atoms with E-state index in [1.54, 1.807) is 0 Å². The number of ether oxygens (including phenoxy) is 2. The minimum absolute atomic E-state index is 0. The van der Waals surface area contributed by atoms with Crippen LogP contribution in [0, 0.1) is 0 Å². The molecule has 2 saturated heterocycles. The van der Waals surface area contributed by atoms with E-state index in [1.807, 2.05) is 0 Å². The highest BCUT2D eigenvalue weighted by Crippen LogP contribution is 2.02. The van der Waals surface area contributed by atoms with Gasteiger partial charge in [-0.15, -0.1) is 0 Å². The maximum atomic E-state index is 5.07. The molecule has 0 amide bonds. The standard InChI is InChI=1S/2C5H10O.H2S/c2*1-2-4-6-5-3-1;/h2*1-5H2;1H2. The summed E-state index contributed by atoms with van der Waals surface area (Å²) in [4.78, 5) is 0. The molecule has 2 heterocycles. The highest BCUT2D eigenvalue weighted by Gasteiger charge is 1.95. The zero-order valence-corrected chi connectivity index (χ0v) is 9.39. The van der Waals surface area contributed by atoms with Crippen LogP contribution in [0.1, 0.15) is 38.5 Å². The molecule has 0 unspecified atom stereocenters. The van der Waals surface area contributed by atoms with Gasteiger partial charge < -0.3 is 9.47 Å². The Hall–Kier alpha value is 0.270. The molecule has 2 fully saturated rings. The first-order valence-electron chi connectivity index (χ1n) is 5.15. The molecule has 2 rings (SSSR count).